The van der Waals surface area contributed by atoms with Crippen LogP contribution in [0.25, 0.3) is 0 Å². The molecule has 2 saturated heterocycles. The number of thiol groups is 1. The number of carbonyl (C=O) groups is 4. The van der Waals surface area contributed by atoms with Gasteiger partial charge in [-0.25, -0.2) is 4.79 Å². The van der Waals surface area contributed by atoms with E-state index in [-0.39, 0.29) is 36.4 Å². The van der Waals surface area contributed by atoms with Gasteiger partial charge in [-0.2, -0.15) is 24.4 Å². The van der Waals surface area contributed by atoms with Gasteiger partial charge in [-0.3, -0.25) is 14.4 Å². The van der Waals surface area contributed by atoms with Gasteiger partial charge in [0.1, 0.15) is 18.3 Å². The maximum Gasteiger partial charge on any atom is 0.354 e. The molecule has 4 N–H and O–H groups in total. The zero-order chi connectivity index (χ0) is 27.7. The number of cyclic esters (lactones) is 1. The molecule has 0 saturated carbocycles. The second kappa shape index (κ2) is 18.8. The van der Waals surface area contributed by atoms with Crippen molar-refractivity contribution in [1.82, 2.24) is 21.3 Å². The lowest BCUT2D eigenvalue weighted by Crippen LogP contribution is -2.51. The van der Waals surface area contributed by atoms with E-state index >= 15 is 0 Å². The molecule has 2 fully saturated rings. The number of esters is 1. The zero-order valence-electron chi connectivity index (χ0n) is 22.1. The molecular weight excluding hydrogens is 500 g/mol. The third-order valence-electron chi connectivity index (χ3n) is 4.67. The van der Waals surface area contributed by atoms with Crippen LogP contribution in [0, 0.1) is 0 Å². The van der Waals surface area contributed by atoms with Crippen molar-refractivity contribution in [2.24, 2.45) is 0 Å². The number of fused-ring (bicyclic) bond motifs is 3. The van der Waals surface area contributed by atoms with Crippen molar-refractivity contribution in [3.05, 3.63) is 36.2 Å². The van der Waals surface area contributed by atoms with Crippen molar-refractivity contribution in [3.8, 4) is 0 Å². The number of carbonyl (C=O) groups excluding carboxylic acids is 4. The molecular formula is C25H42N4O5S2. The molecule has 0 aromatic rings. The Hall–Kier alpha value is -2.40. The molecule has 2 heterocycles. The molecule has 2 unspecified atom stereocenters. The summed E-state index contributed by atoms with van der Waals surface area (Å²) < 4.78 is 5.10. The molecule has 2 aliphatic rings. The summed E-state index contributed by atoms with van der Waals surface area (Å²) in [5.74, 6) is -0.452. The normalized spacial score (nSPS) is 23.1. The predicted molar refractivity (Wildman–Crippen MR) is 150 cm³/mol. The Balaban J connectivity index is 0.00000134. The first-order valence-corrected chi connectivity index (χ1v) is 13.7. The van der Waals surface area contributed by atoms with Crippen molar-refractivity contribution >= 4 is 48.1 Å². The van der Waals surface area contributed by atoms with Crippen LogP contribution in [0.5, 0.6) is 0 Å². The highest BCUT2D eigenvalue weighted by Crippen LogP contribution is 2.23. The van der Waals surface area contributed by atoms with Gasteiger partial charge in [0.2, 0.25) is 17.7 Å². The summed E-state index contributed by atoms with van der Waals surface area (Å²) in [7, 11) is 0. The van der Waals surface area contributed by atoms with Gasteiger partial charge < -0.3 is 26.0 Å². The quantitative estimate of drug-likeness (QED) is 0.157. The van der Waals surface area contributed by atoms with E-state index in [0.717, 1.165) is 12.2 Å². The van der Waals surface area contributed by atoms with Crippen molar-refractivity contribution in [2.75, 3.05) is 24.7 Å². The second-order valence-electron chi connectivity index (χ2n) is 8.34. The molecule has 36 heavy (non-hydrogen) atoms. The summed E-state index contributed by atoms with van der Waals surface area (Å²) in [5, 5.41) is 10.8. The maximum atomic E-state index is 12.8. The second-order valence-corrected chi connectivity index (χ2v) is 10.2. The fraction of sp³-hybridized carbons (Fsp3) is 0.600. The monoisotopic (exact) mass is 542 g/mol. The van der Waals surface area contributed by atoms with Crippen molar-refractivity contribution in [3.63, 3.8) is 0 Å². The first-order chi connectivity index (χ1) is 17.0. The Morgan fingerprint density at radius 3 is 2.33 bits per heavy atom. The largest absolute Gasteiger partial charge is 0.460 e. The number of hydrogen-bond donors (Lipinski definition) is 5. The van der Waals surface area contributed by atoms with Crippen LogP contribution in [-0.2, 0) is 23.9 Å². The SMILES string of the molecule is C=C1NC2C(=O)NC(=C(C)C)C(=O)OCCC(=O)NCC(=O)N[C@@H]1CSC2C.C=CCCS.CCC. The first kappa shape index (κ1) is 33.6. The maximum absolute atomic E-state index is 12.8. The summed E-state index contributed by atoms with van der Waals surface area (Å²) in [6.07, 6.45) is 4.03. The summed E-state index contributed by atoms with van der Waals surface area (Å²) in [6.45, 7) is 16.6. The van der Waals surface area contributed by atoms with Crippen molar-refractivity contribution in [2.45, 2.75) is 71.2 Å². The van der Waals surface area contributed by atoms with E-state index in [1.807, 2.05) is 13.0 Å². The Bertz CT molecular complexity index is 812. The van der Waals surface area contributed by atoms with Gasteiger partial charge in [0.05, 0.1) is 19.0 Å². The highest BCUT2D eigenvalue weighted by Gasteiger charge is 2.33. The van der Waals surface area contributed by atoms with Gasteiger partial charge in [0.25, 0.3) is 0 Å². The molecule has 3 atom stereocenters. The number of amides is 3. The molecule has 0 aromatic heterocycles. The Labute approximate surface area is 225 Å². The Kier molecular flexibility index (Phi) is 17.6. The van der Waals surface area contributed by atoms with E-state index in [4.69, 9.17) is 4.74 Å². The van der Waals surface area contributed by atoms with E-state index < -0.39 is 29.9 Å². The van der Waals surface area contributed by atoms with Crippen LogP contribution in [0.3, 0.4) is 0 Å². The van der Waals surface area contributed by atoms with Gasteiger partial charge >= 0.3 is 5.97 Å². The average Bonchev–Trinajstić information content (AvgIpc) is 2.95. The molecule has 2 rings (SSSR count). The highest BCUT2D eigenvalue weighted by molar-refractivity contribution is 8.00. The molecule has 11 heteroatoms. The van der Waals surface area contributed by atoms with Gasteiger partial charge in [0, 0.05) is 16.7 Å². The van der Waals surface area contributed by atoms with Gasteiger partial charge in [-0.15, -0.1) is 6.58 Å². The van der Waals surface area contributed by atoms with Crippen LogP contribution >= 0.6 is 24.4 Å². The topological polar surface area (TPSA) is 126 Å². The minimum absolute atomic E-state index is 0.0521. The smallest absolute Gasteiger partial charge is 0.354 e. The van der Waals surface area contributed by atoms with Crippen LogP contribution < -0.4 is 21.3 Å². The molecule has 0 spiro atoms. The van der Waals surface area contributed by atoms with Crippen LogP contribution in [0.4, 0.5) is 0 Å². The standard InChI is InChI=1S/C18H26N4O5S.C4H8S.C3H8/c1-9(2)15-18(26)27-6-5-13(23)19-7-14(24)21-12-8-28-11(4)16(17(25)22-15)20-10(12)3;1-2-3-4-5;1-3-2/h11-12,16,20H,3,5-8H2,1-2,4H3,(H,19,23)(H,21,24)(H,22,25);2,5H,1,3-4H2;3H2,1-2H3/t11?,12-,16?;;/m1../s1. The lowest BCUT2D eigenvalue weighted by atomic mass is 10.1. The van der Waals surface area contributed by atoms with E-state index in [9.17, 15) is 19.2 Å². The van der Waals surface area contributed by atoms with E-state index in [1.165, 1.54) is 18.2 Å². The van der Waals surface area contributed by atoms with Crippen LogP contribution in [0.1, 0.15) is 53.9 Å². The average molecular weight is 543 g/mol. The summed E-state index contributed by atoms with van der Waals surface area (Å²) >= 11 is 5.43. The molecule has 2 bridgehead atoms. The molecule has 3 amide bonds. The minimum atomic E-state index is -0.711. The van der Waals surface area contributed by atoms with Gasteiger partial charge in [0.15, 0.2) is 0 Å². The van der Waals surface area contributed by atoms with E-state index in [1.54, 1.807) is 13.8 Å². The number of nitrogens with one attached hydrogen (secondary N) is 4. The Morgan fingerprint density at radius 1 is 1.17 bits per heavy atom. The number of hydrogen-bond acceptors (Lipinski definition) is 8. The minimum Gasteiger partial charge on any atom is -0.460 e. The summed E-state index contributed by atoms with van der Waals surface area (Å²) in [5.41, 5.74) is 1.13. The lowest BCUT2D eigenvalue weighted by Gasteiger charge is -2.24. The van der Waals surface area contributed by atoms with Crippen LogP contribution in [0.15, 0.2) is 36.2 Å². The van der Waals surface area contributed by atoms with E-state index in [0.29, 0.717) is 17.0 Å². The van der Waals surface area contributed by atoms with Crippen molar-refractivity contribution in [1.29, 1.82) is 0 Å². The zero-order valence-corrected chi connectivity index (χ0v) is 23.8. The molecule has 9 nitrogen and oxygen atoms in total. The van der Waals surface area contributed by atoms with Gasteiger partial charge in [-0.05, 0) is 31.6 Å². The number of allylic oxidation sites excluding steroid dienone is 2. The first-order valence-electron chi connectivity index (χ1n) is 12.0. The third-order valence-corrected chi connectivity index (χ3v) is 6.25. The summed E-state index contributed by atoms with van der Waals surface area (Å²) in [6, 6.07) is -1.04. The molecule has 204 valence electrons. The number of thioether (sulfide) groups is 1. The molecule has 0 aliphatic carbocycles. The molecule has 0 radical (unpaired) electrons. The predicted octanol–water partition coefficient (Wildman–Crippen LogP) is 2.46. The highest BCUT2D eigenvalue weighted by atomic mass is 32.2. The third kappa shape index (κ3) is 13.1. The number of rotatable bonds is 2. The van der Waals surface area contributed by atoms with Crippen LogP contribution in [-0.4, -0.2) is 65.7 Å². The molecule has 0 aromatic carbocycles. The van der Waals surface area contributed by atoms with E-state index in [2.05, 4.69) is 60.9 Å². The summed E-state index contributed by atoms with van der Waals surface area (Å²) in [4.78, 5) is 49.1. The Morgan fingerprint density at radius 2 is 1.81 bits per heavy atom. The van der Waals surface area contributed by atoms with Gasteiger partial charge in [-0.1, -0.05) is 39.8 Å². The fourth-order valence-electron chi connectivity index (χ4n) is 2.76. The molecule has 2 aliphatic heterocycles. The number of ether oxygens (including phenoxy) is 1. The van der Waals surface area contributed by atoms with Crippen LogP contribution in [0.2, 0.25) is 0 Å². The fourth-order valence-corrected chi connectivity index (χ4v) is 4.11. The van der Waals surface area contributed by atoms with Crippen molar-refractivity contribution < 1.29 is 23.9 Å². The lowest BCUT2D eigenvalue weighted by molar-refractivity contribution is -0.141.